The number of halogens is 2. The van der Waals surface area contributed by atoms with E-state index in [1.807, 2.05) is 0 Å². The molecule has 1 atom stereocenters. The molecule has 108 valence electrons. The van der Waals surface area contributed by atoms with Crippen LogP contribution in [0.1, 0.15) is 18.4 Å². The van der Waals surface area contributed by atoms with Crippen molar-refractivity contribution >= 4 is 22.4 Å². The molecule has 0 bridgehead atoms. The Balaban J connectivity index is 0.00000180. The zero-order chi connectivity index (χ0) is 13.3. The monoisotopic (exact) mass is 308 g/mol. The van der Waals surface area contributed by atoms with E-state index in [1.54, 1.807) is 0 Å². The largest absolute Gasteiger partial charge is 0.329 e. The van der Waals surface area contributed by atoms with Crippen molar-refractivity contribution in [1.29, 1.82) is 0 Å². The summed E-state index contributed by atoms with van der Waals surface area (Å²) in [5.41, 5.74) is 5.70. The second kappa shape index (κ2) is 6.17. The lowest BCUT2D eigenvalue weighted by Crippen LogP contribution is -2.41. The molecule has 1 aromatic carbocycles. The van der Waals surface area contributed by atoms with Gasteiger partial charge in [0.15, 0.2) is 0 Å². The van der Waals surface area contributed by atoms with Gasteiger partial charge in [0, 0.05) is 18.2 Å². The molecule has 0 heterocycles. The average Bonchev–Trinajstić information content (AvgIpc) is 3.13. The fourth-order valence-corrected chi connectivity index (χ4v) is 3.55. The third kappa shape index (κ3) is 3.66. The third-order valence-corrected chi connectivity index (χ3v) is 4.89. The highest BCUT2D eigenvalue weighted by molar-refractivity contribution is 7.89. The van der Waals surface area contributed by atoms with Gasteiger partial charge in [0.25, 0.3) is 0 Å². The van der Waals surface area contributed by atoms with Crippen LogP contribution < -0.4 is 10.5 Å². The summed E-state index contributed by atoms with van der Waals surface area (Å²) in [6.45, 7) is 1.72. The van der Waals surface area contributed by atoms with E-state index in [1.165, 1.54) is 25.1 Å². The van der Waals surface area contributed by atoms with Crippen molar-refractivity contribution in [3.63, 3.8) is 0 Å². The zero-order valence-corrected chi connectivity index (χ0v) is 12.2. The lowest BCUT2D eigenvalue weighted by Gasteiger charge is -2.17. The number of rotatable bonds is 5. The summed E-state index contributed by atoms with van der Waals surface area (Å²) in [5, 5.41) is 0. The maximum absolute atomic E-state index is 13.4. The van der Waals surface area contributed by atoms with Crippen molar-refractivity contribution in [1.82, 2.24) is 4.72 Å². The van der Waals surface area contributed by atoms with Gasteiger partial charge in [-0.15, -0.1) is 12.4 Å². The first-order chi connectivity index (χ1) is 8.45. The quantitative estimate of drug-likeness (QED) is 0.867. The van der Waals surface area contributed by atoms with Gasteiger partial charge in [-0.3, -0.25) is 0 Å². The Kier molecular flexibility index (Phi) is 5.32. The maximum Gasteiger partial charge on any atom is 0.241 e. The van der Waals surface area contributed by atoms with E-state index in [4.69, 9.17) is 5.73 Å². The number of sulfonamides is 1. The molecule has 1 aliphatic carbocycles. The molecule has 3 N–H and O–H groups in total. The molecule has 1 unspecified atom stereocenters. The Morgan fingerprint density at radius 1 is 1.47 bits per heavy atom. The normalized spacial score (nSPS) is 16.8. The van der Waals surface area contributed by atoms with Crippen molar-refractivity contribution < 1.29 is 12.8 Å². The first-order valence-electron chi connectivity index (χ1n) is 5.93. The van der Waals surface area contributed by atoms with Crippen LogP contribution >= 0.6 is 12.4 Å². The number of hydrogen-bond donors (Lipinski definition) is 2. The van der Waals surface area contributed by atoms with Gasteiger partial charge >= 0.3 is 0 Å². The second-order valence-corrected chi connectivity index (χ2v) is 6.35. The van der Waals surface area contributed by atoms with E-state index < -0.39 is 15.8 Å². The molecule has 1 aromatic rings. The summed E-state index contributed by atoms with van der Waals surface area (Å²) < 4.78 is 40.3. The van der Waals surface area contributed by atoms with Gasteiger partial charge in [0.1, 0.15) is 5.82 Å². The minimum absolute atomic E-state index is 0. The van der Waals surface area contributed by atoms with Crippen LogP contribution in [0.4, 0.5) is 4.39 Å². The third-order valence-electron chi connectivity index (χ3n) is 3.26. The average molecular weight is 309 g/mol. The van der Waals surface area contributed by atoms with Crippen LogP contribution in [0, 0.1) is 18.7 Å². The molecule has 1 fully saturated rings. The van der Waals surface area contributed by atoms with Crippen molar-refractivity contribution in [3.05, 3.63) is 29.6 Å². The van der Waals surface area contributed by atoms with Gasteiger partial charge in [-0.25, -0.2) is 17.5 Å². The number of nitrogens with two attached hydrogens (primary N) is 1. The van der Waals surface area contributed by atoms with E-state index in [9.17, 15) is 12.8 Å². The SMILES string of the molecule is Cc1c(F)cccc1S(=O)(=O)NC(CN)C1CC1.Cl. The van der Waals surface area contributed by atoms with E-state index >= 15 is 0 Å². The Bertz CT molecular complexity index is 547. The van der Waals surface area contributed by atoms with E-state index in [2.05, 4.69) is 4.72 Å². The summed E-state index contributed by atoms with van der Waals surface area (Å²) in [5.74, 6) is -0.202. The lowest BCUT2D eigenvalue weighted by molar-refractivity contribution is 0.517. The minimum Gasteiger partial charge on any atom is -0.329 e. The number of hydrogen-bond acceptors (Lipinski definition) is 3. The van der Waals surface area contributed by atoms with Crippen LogP contribution in [-0.4, -0.2) is 21.0 Å². The van der Waals surface area contributed by atoms with Crippen molar-refractivity contribution in [2.24, 2.45) is 11.7 Å². The van der Waals surface area contributed by atoms with E-state index in [0.29, 0.717) is 5.92 Å². The van der Waals surface area contributed by atoms with Crippen LogP contribution in [0.15, 0.2) is 23.1 Å². The molecule has 1 aliphatic rings. The molecule has 0 aromatic heterocycles. The lowest BCUT2D eigenvalue weighted by atomic mass is 10.2. The number of nitrogens with one attached hydrogen (secondary N) is 1. The van der Waals surface area contributed by atoms with Crippen molar-refractivity contribution in [2.45, 2.75) is 30.7 Å². The van der Waals surface area contributed by atoms with E-state index in [-0.39, 0.29) is 35.5 Å². The standard InChI is InChI=1S/C12H17FN2O2S.ClH/c1-8-10(13)3-2-4-12(8)18(16,17)15-11(7-14)9-5-6-9;/h2-4,9,11,15H,5-7,14H2,1H3;1H. The molecule has 2 rings (SSSR count). The fourth-order valence-electron chi connectivity index (χ4n) is 1.98. The van der Waals surface area contributed by atoms with Crippen LogP contribution in [0.2, 0.25) is 0 Å². The molecular weight excluding hydrogens is 291 g/mol. The fraction of sp³-hybridized carbons (Fsp3) is 0.500. The molecule has 0 aliphatic heterocycles. The van der Waals surface area contributed by atoms with Gasteiger partial charge in [-0.2, -0.15) is 0 Å². The first-order valence-corrected chi connectivity index (χ1v) is 7.41. The second-order valence-electron chi connectivity index (χ2n) is 4.66. The van der Waals surface area contributed by atoms with Gasteiger partial charge in [0.2, 0.25) is 10.0 Å². The molecule has 19 heavy (non-hydrogen) atoms. The minimum atomic E-state index is -3.70. The molecule has 0 radical (unpaired) electrons. The van der Waals surface area contributed by atoms with Crippen molar-refractivity contribution in [3.8, 4) is 0 Å². The summed E-state index contributed by atoms with van der Waals surface area (Å²) in [7, 11) is -3.70. The highest BCUT2D eigenvalue weighted by Gasteiger charge is 2.33. The van der Waals surface area contributed by atoms with E-state index in [0.717, 1.165) is 12.8 Å². The van der Waals surface area contributed by atoms with Gasteiger partial charge in [-0.1, -0.05) is 6.07 Å². The Morgan fingerprint density at radius 2 is 2.11 bits per heavy atom. The molecule has 0 amide bonds. The van der Waals surface area contributed by atoms with Crippen LogP contribution in [0.25, 0.3) is 0 Å². The van der Waals surface area contributed by atoms with Gasteiger partial charge < -0.3 is 5.73 Å². The molecule has 4 nitrogen and oxygen atoms in total. The Labute approximate surface area is 119 Å². The maximum atomic E-state index is 13.4. The van der Waals surface area contributed by atoms with Crippen LogP contribution in [0.3, 0.4) is 0 Å². The summed E-state index contributed by atoms with van der Waals surface area (Å²) in [6.07, 6.45) is 1.99. The van der Waals surface area contributed by atoms with Crippen molar-refractivity contribution in [2.75, 3.05) is 6.54 Å². The Hall–Kier alpha value is -0.690. The van der Waals surface area contributed by atoms with Crippen LogP contribution in [-0.2, 0) is 10.0 Å². The topological polar surface area (TPSA) is 72.2 Å². The summed E-state index contributed by atoms with van der Waals surface area (Å²) in [4.78, 5) is -0.0124. The molecule has 7 heteroatoms. The molecule has 0 saturated heterocycles. The zero-order valence-electron chi connectivity index (χ0n) is 10.6. The first kappa shape index (κ1) is 16.4. The highest BCUT2D eigenvalue weighted by atomic mass is 35.5. The van der Waals surface area contributed by atoms with Crippen LogP contribution in [0.5, 0.6) is 0 Å². The summed E-state index contributed by atoms with van der Waals surface area (Å²) >= 11 is 0. The Morgan fingerprint density at radius 3 is 2.63 bits per heavy atom. The molecule has 0 spiro atoms. The highest BCUT2D eigenvalue weighted by Crippen LogP contribution is 2.33. The predicted octanol–water partition coefficient (Wildman–Crippen LogP) is 1.57. The predicted molar refractivity (Wildman–Crippen MR) is 74.3 cm³/mol. The molecule has 1 saturated carbocycles. The van der Waals surface area contributed by atoms with Gasteiger partial charge in [-0.05, 0) is 37.8 Å². The smallest absolute Gasteiger partial charge is 0.241 e. The number of benzene rings is 1. The summed E-state index contributed by atoms with van der Waals surface area (Å²) in [6, 6.07) is 3.79. The molecular formula is C12H18ClFN2O2S. The van der Waals surface area contributed by atoms with Gasteiger partial charge in [0.05, 0.1) is 4.90 Å².